The van der Waals surface area contributed by atoms with E-state index in [1.54, 1.807) is 0 Å². The van der Waals surface area contributed by atoms with Gasteiger partial charge in [-0.15, -0.1) is 0 Å². The summed E-state index contributed by atoms with van der Waals surface area (Å²) in [5.74, 6) is 0.619. The Balaban J connectivity index is 2.21. The fourth-order valence-electron chi connectivity index (χ4n) is 1.39. The topological polar surface area (TPSA) is 43.1 Å². The third-order valence-corrected chi connectivity index (χ3v) is 2.29. The van der Waals surface area contributed by atoms with Crippen molar-refractivity contribution in [1.29, 1.82) is 0 Å². The van der Waals surface area contributed by atoms with Gasteiger partial charge in [-0.3, -0.25) is 4.79 Å². The Morgan fingerprint density at radius 2 is 2.07 bits per heavy atom. The van der Waals surface area contributed by atoms with Gasteiger partial charge in [0.05, 0.1) is 11.8 Å². The average molecular weight is 201 g/mol. The zero-order valence-corrected chi connectivity index (χ0v) is 8.43. The second kappa shape index (κ2) is 4.09. The lowest BCUT2D eigenvalue weighted by Crippen LogP contribution is -1.90. The number of hydrogen-bond donors (Lipinski definition) is 0. The van der Waals surface area contributed by atoms with Crippen LogP contribution in [0.25, 0.3) is 0 Å². The summed E-state index contributed by atoms with van der Waals surface area (Å²) in [5, 5.41) is 3.60. The van der Waals surface area contributed by atoms with E-state index in [-0.39, 0.29) is 0 Å². The van der Waals surface area contributed by atoms with Gasteiger partial charge in [0.15, 0.2) is 12.0 Å². The van der Waals surface area contributed by atoms with Crippen molar-refractivity contribution in [3.8, 4) is 0 Å². The number of aldehydes is 1. The summed E-state index contributed by atoms with van der Waals surface area (Å²) in [6.45, 7) is 2.04. The third kappa shape index (κ3) is 2.13. The van der Waals surface area contributed by atoms with E-state index in [1.807, 2.05) is 31.2 Å². The predicted molar refractivity (Wildman–Crippen MR) is 55.9 cm³/mol. The van der Waals surface area contributed by atoms with Crippen molar-refractivity contribution < 1.29 is 9.32 Å². The molecule has 0 bridgehead atoms. The number of rotatable bonds is 3. The summed E-state index contributed by atoms with van der Waals surface area (Å²) >= 11 is 0. The molecule has 1 aromatic carbocycles. The molecule has 2 aromatic rings. The summed E-state index contributed by atoms with van der Waals surface area (Å²) in [5.41, 5.74) is 2.85. The number of aromatic nitrogens is 1. The van der Waals surface area contributed by atoms with Gasteiger partial charge in [-0.1, -0.05) is 35.0 Å². The third-order valence-electron chi connectivity index (χ3n) is 2.29. The normalized spacial score (nSPS) is 10.2. The maximum atomic E-state index is 10.6. The number of hydrogen-bond acceptors (Lipinski definition) is 3. The van der Waals surface area contributed by atoms with Gasteiger partial charge in [0.25, 0.3) is 0 Å². The summed E-state index contributed by atoms with van der Waals surface area (Å²) in [6, 6.07) is 8.11. The number of nitrogens with zero attached hydrogens (tertiary/aromatic N) is 1. The van der Waals surface area contributed by atoms with Gasteiger partial charge < -0.3 is 4.52 Å². The first-order chi connectivity index (χ1) is 7.29. The van der Waals surface area contributed by atoms with E-state index < -0.39 is 0 Å². The minimum Gasteiger partial charge on any atom is -0.360 e. The number of carbonyl (C=O) groups is 1. The van der Waals surface area contributed by atoms with Gasteiger partial charge in [0, 0.05) is 6.42 Å². The largest absolute Gasteiger partial charge is 0.360 e. The Labute approximate surface area is 87.7 Å². The fourth-order valence-corrected chi connectivity index (χ4v) is 1.39. The lowest BCUT2D eigenvalue weighted by Gasteiger charge is -1.98. The van der Waals surface area contributed by atoms with Crippen molar-refractivity contribution in [3.05, 3.63) is 52.9 Å². The standard InChI is InChI=1S/C12H11NO2/c1-9-2-4-10(5-3-9)6-12-11(8-14)7-13-15-12/h2-5,7-8H,6H2,1H3. The first kappa shape index (κ1) is 9.65. The molecule has 0 atom stereocenters. The van der Waals surface area contributed by atoms with Crippen LogP contribution in [-0.2, 0) is 6.42 Å². The van der Waals surface area contributed by atoms with Gasteiger partial charge in [-0.2, -0.15) is 0 Å². The van der Waals surface area contributed by atoms with Crippen molar-refractivity contribution in [2.45, 2.75) is 13.3 Å². The van der Waals surface area contributed by atoms with Crippen molar-refractivity contribution in [2.24, 2.45) is 0 Å². The molecule has 3 heteroatoms. The Hall–Kier alpha value is -1.90. The molecule has 1 heterocycles. The maximum absolute atomic E-state index is 10.6. The zero-order chi connectivity index (χ0) is 10.7. The second-order valence-corrected chi connectivity index (χ2v) is 3.48. The van der Waals surface area contributed by atoms with Crippen LogP contribution >= 0.6 is 0 Å². The minimum absolute atomic E-state index is 0.524. The highest BCUT2D eigenvalue weighted by atomic mass is 16.5. The van der Waals surface area contributed by atoms with Crippen LogP contribution in [0.1, 0.15) is 27.2 Å². The molecule has 0 radical (unpaired) electrons. The number of carbonyl (C=O) groups excluding carboxylic acids is 1. The minimum atomic E-state index is 0.524. The van der Waals surface area contributed by atoms with Gasteiger partial charge in [0.1, 0.15) is 0 Å². The highest BCUT2D eigenvalue weighted by Crippen LogP contribution is 2.13. The van der Waals surface area contributed by atoms with Crippen LogP contribution in [0.4, 0.5) is 0 Å². The molecule has 0 unspecified atom stereocenters. The van der Waals surface area contributed by atoms with E-state index in [0.29, 0.717) is 17.7 Å². The first-order valence-electron chi connectivity index (χ1n) is 4.74. The van der Waals surface area contributed by atoms with E-state index in [9.17, 15) is 4.79 Å². The summed E-state index contributed by atoms with van der Waals surface area (Å²) < 4.78 is 5.01. The van der Waals surface area contributed by atoms with E-state index in [1.165, 1.54) is 11.8 Å². The average Bonchev–Trinajstić information content (AvgIpc) is 2.69. The van der Waals surface area contributed by atoms with Crippen molar-refractivity contribution in [1.82, 2.24) is 5.16 Å². The molecule has 15 heavy (non-hydrogen) atoms. The van der Waals surface area contributed by atoms with E-state index in [4.69, 9.17) is 4.52 Å². The van der Waals surface area contributed by atoms with Gasteiger partial charge in [-0.25, -0.2) is 0 Å². The Kier molecular flexibility index (Phi) is 2.63. The molecule has 2 rings (SSSR count). The first-order valence-corrected chi connectivity index (χ1v) is 4.74. The van der Waals surface area contributed by atoms with Crippen molar-refractivity contribution >= 4 is 6.29 Å². The molecule has 0 spiro atoms. The van der Waals surface area contributed by atoms with Crippen LogP contribution < -0.4 is 0 Å². The Morgan fingerprint density at radius 3 is 2.73 bits per heavy atom. The van der Waals surface area contributed by atoms with Gasteiger partial charge in [0.2, 0.25) is 0 Å². The highest BCUT2D eigenvalue weighted by molar-refractivity contribution is 5.75. The van der Waals surface area contributed by atoms with Crippen LogP contribution in [0.3, 0.4) is 0 Å². The summed E-state index contributed by atoms with van der Waals surface area (Å²) in [4.78, 5) is 10.6. The van der Waals surface area contributed by atoms with E-state index in [2.05, 4.69) is 5.16 Å². The molecule has 0 aliphatic rings. The molecule has 76 valence electrons. The zero-order valence-electron chi connectivity index (χ0n) is 8.43. The second-order valence-electron chi connectivity index (χ2n) is 3.48. The van der Waals surface area contributed by atoms with Gasteiger partial charge in [-0.05, 0) is 12.5 Å². The molecular formula is C12H11NO2. The van der Waals surface area contributed by atoms with Crippen LogP contribution in [0.15, 0.2) is 35.0 Å². The SMILES string of the molecule is Cc1ccc(Cc2oncc2C=O)cc1. The molecule has 0 fully saturated rings. The number of benzene rings is 1. The Bertz CT molecular complexity index is 457. The van der Waals surface area contributed by atoms with Gasteiger partial charge >= 0.3 is 0 Å². The van der Waals surface area contributed by atoms with Crippen LogP contribution in [0, 0.1) is 6.92 Å². The predicted octanol–water partition coefficient (Wildman–Crippen LogP) is 2.39. The molecule has 3 nitrogen and oxygen atoms in total. The van der Waals surface area contributed by atoms with Crippen molar-refractivity contribution in [3.63, 3.8) is 0 Å². The fraction of sp³-hybridized carbons (Fsp3) is 0.167. The van der Waals surface area contributed by atoms with Crippen LogP contribution in [-0.4, -0.2) is 11.4 Å². The summed E-state index contributed by atoms with van der Waals surface area (Å²) in [7, 11) is 0. The van der Waals surface area contributed by atoms with Crippen LogP contribution in [0.2, 0.25) is 0 Å². The molecule has 0 aliphatic heterocycles. The van der Waals surface area contributed by atoms with E-state index >= 15 is 0 Å². The highest BCUT2D eigenvalue weighted by Gasteiger charge is 2.07. The monoisotopic (exact) mass is 201 g/mol. The molecule has 0 N–H and O–H groups in total. The lowest BCUT2D eigenvalue weighted by atomic mass is 10.1. The molecule has 0 saturated heterocycles. The molecule has 0 amide bonds. The van der Waals surface area contributed by atoms with E-state index in [0.717, 1.165) is 11.8 Å². The number of aryl methyl sites for hydroxylation is 1. The van der Waals surface area contributed by atoms with Crippen LogP contribution in [0.5, 0.6) is 0 Å². The summed E-state index contributed by atoms with van der Waals surface area (Å²) in [6.07, 6.45) is 2.81. The molecule has 1 aromatic heterocycles. The smallest absolute Gasteiger partial charge is 0.155 e. The molecule has 0 saturated carbocycles. The quantitative estimate of drug-likeness (QED) is 0.716. The molecular weight excluding hydrogens is 190 g/mol. The van der Waals surface area contributed by atoms with Crippen molar-refractivity contribution in [2.75, 3.05) is 0 Å². The Morgan fingerprint density at radius 1 is 1.33 bits per heavy atom. The maximum Gasteiger partial charge on any atom is 0.155 e. The lowest BCUT2D eigenvalue weighted by molar-refractivity contribution is 0.112. The molecule has 0 aliphatic carbocycles.